The summed E-state index contributed by atoms with van der Waals surface area (Å²) in [5.41, 5.74) is 3.38. The third-order valence-corrected chi connectivity index (χ3v) is 7.06. The monoisotopic (exact) mass is 529 g/mol. The molecule has 2 amide bonds. The summed E-state index contributed by atoms with van der Waals surface area (Å²) in [6, 6.07) is 24.8. The van der Waals surface area contributed by atoms with E-state index in [-0.39, 0.29) is 17.1 Å². The lowest BCUT2D eigenvalue weighted by atomic mass is 10.2. The minimum atomic E-state index is -0.359. The van der Waals surface area contributed by atoms with Gasteiger partial charge in [0.1, 0.15) is 5.75 Å². The Kier molecular flexibility index (Phi) is 9.13. The van der Waals surface area contributed by atoms with E-state index in [1.165, 1.54) is 29.2 Å². The first-order valence-electron chi connectivity index (χ1n) is 11.8. The zero-order valence-corrected chi connectivity index (χ0v) is 22.1. The number of aromatic nitrogens is 1. The summed E-state index contributed by atoms with van der Waals surface area (Å²) < 4.78 is 5.48. The first-order valence-corrected chi connectivity index (χ1v) is 13.6. The van der Waals surface area contributed by atoms with Gasteiger partial charge in [0, 0.05) is 27.6 Å². The van der Waals surface area contributed by atoms with Gasteiger partial charge in [-0.25, -0.2) is 4.98 Å². The van der Waals surface area contributed by atoms with Gasteiger partial charge in [-0.2, -0.15) is 0 Å². The number of nitrogens with one attached hydrogen (secondary N) is 2. The molecule has 0 bridgehead atoms. The molecule has 1 atom stereocenters. The third kappa shape index (κ3) is 7.80. The number of hydrogen-bond donors (Lipinski definition) is 2. The van der Waals surface area contributed by atoms with Crippen molar-refractivity contribution in [3.63, 3.8) is 0 Å². The van der Waals surface area contributed by atoms with Gasteiger partial charge in [-0.3, -0.25) is 9.59 Å². The van der Waals surface area contributed by atoms with Crippen LogP contribution in [0.5, 0.6) is 5.75 Å². The molecule has 0 aliphatic heterocycles. The van der Waals surface area contributed by atoms with Crippen molar-refractivity contribution in [1.82, 2.24) is 4.98 Å². The average Bonchev–Trinajstić information content (AvgIpc) is 3.37. The fraction of sp³-hybridized carbons (Fsp3) is 0.138. The van der Waals surface area contributed by atoms with Crippen molar-refractivity contribution in [2.24, 2.45) is 0 Å². The second-order valence-electron chi connectivity index (χ2n) is 8.01. The van der Waals surface area contributed by atoms with E-state index < -0.39 is 0 Å². The minimum Gasteiger partial charge on any atom is -0.494 e. The van der Waals surface area contributed by atoms with Crippen LogP contribution in [0.15, 0.2) is 95.2 Å². The van der Waals surface area contributed by atoms with Crippen LogP contribution in [0.1, 0.15) is 19.4 Å². The molecule has 1 heterocycles. The molecule has 188 valence electrons. The molecule has 0 radical (unpaired) electrons. The van der Waals surface area contributed by atoms with E-state index in [1.807, 2.05) is 98.1 Å². The first-order chi connectivity index (χ1) is 18.0. The Hall–Kier alpha value is -3.88. The molecule has 37 heavy (non-hydrogen) atoms. The molecular weight excluding hydrogens is 502 g/mol. The first kappa shape index (κ1) is 26.2. The van der Waals surface area contributed by atoms with Gasteiger partial charge in [0.05, 0.1) is 17.6 Å². The van der Waals surface area contributed by atoms with Gasteiger partial charge in [-0.1, -0.05) is 36.4 Å². The highest BCUT2D eigenvalue weighted by molar-refractivity contribution is 8.00. The smallest absolute Gasteiger partial charge is 0.248 e. The summed E-state index contributed by atoms with van der Waals surface area (Å²) in [7, 11) is 0. The van der Waals surface area contributed by atoms with Crippen molar-refractivity contribution < 1.29 is 14.3 Å². The molecule has 1 unspecified atom stereocenters. The van der Waals surface area contributed by atoms with Crippen LogP contribution in [0.25, 0.3) is 17.3 Å². The summed E-state index contributed by atoms with van der Waals surface area (Å²) in [6.07, 6.45) is 3.26. The highest BCUT2D eigenvalue weighted by Crippen LogP contribution is 2.29. The number of carbonyl (C=O) groups is 2. The van der Waals surface area contributed by atoms with E-state index in [0.29, 0.717) is 17.4 Å². The number of amides is 2. The molecule has 0 saturated heterocycles. The maximum absolute atomic E-state index is 12.8. The van der Waals surface area contributed by atoms with Gasteiger partial charge >= 0.3 is 0 Å². The van der Waals surface area contributed by atoms with Gasteiger partial charge in [0.2, 0.25) is 11.8 Å². The highest BCUT2D eigenvalue weighted by Gasteiger charge is 2.17. The van der Waals surface area contributed by atoms with Gasteiger partial charge in [-0.15, -0.1) is 23.1 Å². The van der Waals surface area contributed by atoms with Gasteiger partial charge in [0.25, 0.3) is 0 Å². The molecule has 4 aromatic rings. The Balaban J connectivity index is 1.31. The van der Waals surface area contributed by atoms with Crippen molar-refractivity contribution in [3.05, 3.63) is 95.9 Å². The molecule has 0 spiro atoms. The van der Waals surface area contributed by atoms with E-state index in [4.69, 9.17) is 4.74 Å². The number of hydrogen-bond acceptors (Lipinski definition) is 6. The lowest BCUT2D eigenvalue weighted by Crippen LogP contribution is -2.22. The minimum absolute atomic E-state index is 0.141. The van der Waals surface area contributed by atoms with E-state index in [1.54, 1.807) is 6.08 Å². The second kappa shape index (κ2) is 12.9. The number of anilines is 2. The number of nitrogens with zero attached hydrogens (tertiary/aromatic N) is 1. The van der Waals surface area contributed by atoms with E-state index in [9.17, 15) is 9.59 Å². The Morgan fingerprint density at radius 2 is 1.81 bits per heavy atom. The zero-order chi connectivity index (χ0) is 26.0. The number of carbonyl (C=O) groups excluding carboxylic acids is 2. The van der Waals surface area contributed by atoms with Crippen molar-refractivity contribution in [2.45, 2.75) is 24.0 Å². The number of thioether (sulfide) groups is 1. The molecule has 0 saturated carbocycles. The fourth-order valence-electron chi connectivity index (χ4n) is 3.38. The Morgan fingerprint density at radius 1 is 1.03 bits per heavy atom. The normalized spacial score (nSPS) is 11.7. The van der Waals surface area contributed by atoms with E-state index in [2.05, 4.69) is 15.6 Å². The molecule has 0 aliphatic rings. The number of rotatable bonds is 10. The van der Waals surface area contributed by atoms with Crippen LogP contribution in [0.2, 0.25) is 0 Å². The summed E-state index contributed by atoms with van der Waals surface area (Å²) in [6.45, 7) is 4.41. The van der Waals surface area contributed by atoms with Crippen molar-refractivity contribution in [1.29, 1.82) is 0 Å². The summed E-state index contributed by atoms with van der Waals surface area (Å²) in [4.78, 5) is 30.5. The van der Waals surface area contributed by atoms with Crippen LogP contribution in [-0.4, -0.2) is 28.7 Å². The number of benzene rings is 3. The largest absolute Gasteiger partial charge is 0.494 e. The van der Waals surface area contributed by atoms with E-state index >= 15 is 0 Å². The molecule has 8 heteroatoms. The van der Waals surface area contributed by atoms with Gasteiger partial charge in [0.15, 0.2) is 5.13 Å². The molecule has 1 aromatic heterocycles. The lowest BCUT2D eigenvalue weighted by molar-refractivity contribution is -0.115. The van der Waals surface area contributed by atoms with Crippen molar-refractivity contribution in [3.8, 4) is 17.0 Å². The zero-order valence-electron chi connectivity index (χ0n) is 20.5. The Labute approximate surface area is 224 Å². The maximum Gasteiger partial charge on any atom is 0.248 e. The highest BCUT2D eigenvalue weighted by atomic mass is 32.2. The van der Waals surface area contributed by atoms with Crippen molar-refractivity contribution >= 4 is 51.8 Å². The molecule has 0 aliphatic carbocycles. The van der Waals surface area contributed by atoms with Crippen LogP contribution in [0.3, 0.4) is 0 Å². The SMILES string of the molecule is CCOc1ccc(-c2csc(NC(=O)C(C)Sc3cccc(NC(=O)/C=C/c4ccccc4)c3)n2)cc1. The predicted octanol–water partition coefficient (Wildman–Crippen LogP) is 6.98. The third-order valence-electron chi connectivity index (χ3n) is 5.21. The number of thiazole rings is 1. The molecule has 4 rings (SSSR count). The Morgan fingerprint density at radius 3 is 2.57 bits per heavy atom. The standard InChI is InChI=1S/C29H27N3O3S2/c1-3-35-24-15-13-22(14-16-24)26-19-36-29(31-26)32-28(34)20(2)37-25-11-7-10-23(18-25)30-27(33)17-12-21-8-5-4-6-9-21/h4-20H,3H2,1-2H3,(H,30,33)(H,31,32,34)/b17-12+. The predicted molar refractivity (Wildman–Crippen MR) is 153 cm³/mol. The van der Waals surface area contributed by atoms with Crippen molar-refractivity contribution in [2.75, 3.05) is 17.2 Å². The fourth-order valence-corrected chi connectivity index (χ4v) is 5.03. The van der Waals surface area contributed by atoms with Gasteiger partial charge in [-0.05, 0) is 68.0 Å². The average molecular weight is 530 g/mol. The van der Waals surface area contributed by atoms with E-state index in [0.717, 1.165) is 27.5 Å². The van der Waals surface area contributed by atoms with Crippen LogP contribution in [-0.2, 0) is 9.59 Å². The summed E-state index contributed by atoms with van der Waals surface area (Å²) in [5, 5.41) is 7.88. The van der Waals surface area contributed by atoms with Crippen LogP contribution in [0, 0.1) is 0 Å². The molecular formula is C29H27N3O3S2. The van der Waals surface area contributed by atoms with Crippen LogP contribution < -0.4 is 15.4 Å². The lowest BCUT2D eigenvalue weighted by Gasteiger charge is -2.11. The van der Waals surface area contributed by atoms with Crippen LogP contribution >= 0.6 is 23.1 Å². The van der Waals surface area contributed by atoms with Gasteiger partial charge < -0.3 is 15.4 Å². The quantitative estimate of drug-likeness (QED) is 0.171. The molecule has 0 fully saturated rings. The summed E-state index contributed by atoms with van der Waals surface area (Å²) in [5.74, 6) is 0.454. The second-order valence-corrected chi connectivity index (χ2v) is 10.3. The summed E-state index contributed by atoms with van der Waals surface area (Å²) >= 11 is 2.80. The van der Waals surface area contributed by atoms with Crippen LogP contribution in [0.4, 0.5) is 10.8 Å². The topological polar surface area (TPSA) is 80.3 Å². The molecule has 6 nitrogen and oxygen atoms in total. The molecule has 3 aromatic carbocycles. The maximum atomic E-state index is 12.8. The Bertz CT molecular complexity index is 1370. The number of ether oxygens (including phenoxy) is 1. The molecule has 2 N–H and O–H groups in total.